The van der Waals surface area contributed by atoms with E-state index in [2.05, 4.69) is 21.2 Å². The molecule has 20 heavy (non-hydrogen) atoms. The fourth-order valence-electron chi connectivity index (χ4n) is 3.38. The summed E-state index contributed by atoms with van der Waals surface area (Å²) in [5.74, 6) is 0.449. The van der Waals surface area contributed by atoms with Crippen LogP contribution in [0.4, 0.5) is 0 Å². The third-order valence-corrected chi connectivity index (χ3v) is 4.87. The van der Waals surface area contributed by atoms with Gasteiger partial charge in [-0.05, 0) is 49.3 Å². The summed E-state index contributed by atoms with van der Waals surface area (Å²) in [7, 11) is 0. The van der Waals surface area contributed by atoms with Gasteiger partial charge in [0.05, 0.1) is 0 Å². The number of carbonyl (C=O) groups excluding carboxylic acids is 1. The number of fused-ring (bicyclic) bond motifs is 2. The zero-order valence-electron chi connectivity index (χ0n) is 11.5. The molecule has 2 aliphatic rings. The molecule has 2 atom stereocenters. The van der Waals surface area contributed by atoms with Gasteiger partial charge >= 0.3 is 5.97 Å². The first-order valence-corrected chi connectivity index (χ1v) is 8.14. The smallest absolute Gasteiger partial charge is 0.306 e. The number of nitrogens with one attached hydrogen (secondary N) is 1. The summed E-state index contributed by atoms with van der Waals surface area (Å²) < 4.78 is 6.43. The predicted molar refractivity (Wildman–Crippen MR) is 81.2 cm³/mol. The Labute approximate surface area is 128 Å². The summed E-state index contributed by atoms with van der Waals surface area (Å²) in [5.41, 5.74) is 1.03. The van der Waals surface area contributed by atoms with Gasteiger partial charge in [-0.15, -0.1) is 0 Å². The highest BCUT2D eigenvalue weighted by molar-refractivity contribution is 9.10. The fraction of sp³-hybridized carbons (Fsp3) is 0.562. The molecular weight excluding hydrogens is 318 g/mol. The van der Waals surface area contributed by atoms with Crippen molar-refractivity contribution in [3.63, 3.8) is 0 Å². The van der Waals surface area contributed by atoms with E-state index in [0.29, 0.717) is 31.0 Å². The first-order valence-electron chi connectivity index (χ1n) is 7.35. The van der Waals surface area contributed by atoms with E-state index >= 15 is 0 Å². The Morgan fingerprint density at radius 2 is 1.85 bits per heavy atom. The number of benzene rings is 1. The van der Waals surface area contributed by atoms with E-state index in [1.54, 1.807) is 0 Å². The average Bonchev–Trinajstić information content (AvgIpc) is 2.77. The second kappa shape index (κ2) is 6.27. The lowest BCUT2D eigenvalue weighted by atomic mass is 9.90. The second-order valence-corrected chi connectivity index (χ2v) is 6.88. The molecule has 2 heterocycles. The van der Waals surface area contributed by atoms with Gasteiger partial charge in [0.1, 0.15) is 6.61 Å². The molecule has 2 saturated heterocycles. The third-order valence-electron chi connectivity index (χ3n) is 4.34. The van der Waals surface area contributed by atoms with Gasteiger partial charge in [-0.1, -0.05) is 28.1 Å². The van der Waals surface area contributed by atoms with Gasteiger partial charge in [0.25, 0.3) is 0 Å². The molecule has 0 radical (unpaired) electrons. The summed E-state index contributed by atoms with van der Waals surface area (Å²) in [6, 6.07) is 9.15. The molecule has 108 valence electrons. The van der Waals surface area contributed by atoms with Gasteiger partial charge in [-0.25, -0.2) is 0 Å². The molecule has 0 aliphatic carbocycles. The summed E-state index contributed by atoms with van der Waals surface area (Å²) >= 11 is 3.39. The maximum absolute atomic E-state index is 11.9. The van der Waals surface area contributed by atoms with E-state index in [4.69, 9.17) is 4.74 Å². The van der Waals surface area contributed by atoms with Crippen LogP contribution in [0.1, 0.15) is 37.7 Å². The van der Waals surface area contributed by atoms with Gasteiger partial charge in [0.15, 0.2) is 0 Å². The van der Waals surface area contributed by atoms with Crippen LogP contribution in [-0.4, -0.2) is 18.1 Å². The molecular formula is C16H20BrNO2. The largest absolute Gasteiger partial charge is 0.461 e. The lowest BCUT2D eigenvalue weighted by Crippen LogP contribution is -2.38. The molecule has 2 fully saturated rings. The van der Waals surface area contributed by atoms with E-state index in [1.165, 1.54) is 12.8 Å². The molecule has 1 N–H and O–H groups in total. The Hall–Kier alpha value is -0.870. The molecule has 4 heteroatoms. The minimum Gasteiger partial charge on any atom is -0.461 e. The van der Waals surface area contributed by atoms with E-state index in [9.17, 15) is 4.79 Å². The van der Waals surface area contributed by atoms with Crippen LogP contribution < -0.4 is 5.32 Å². The molecule has 1 aromatic rings. The standard InChI is InChI=1S/C16H20BrNO2/c17-13-3-1-11(2-4-13)10-20-16(19)9-12-7-14-5-6-15(8-12)18-14/h1-4,12,14-15,18H,5-10H2. The van der Waals surface area contributed by atoms with Crippen molar-refractivity contribution in [3.05, 3.63) is 34.3 Å². The quantitative estimate of drug-likeness (QED) is 0.855. The van der Waals surface area contributed by atoms with Crippen LogP contribution in [0.2, 0.25) is 0 Å². The molecule has 0 aromatic heterocycles. The number of ether oxygens (including phenoxy) is 1. The van der Waals surface area contributed by atoms with Crippen molar-refractivity contribution in [3.8, 4) is 0 Å². The number of carbonyl (C=O) groups is 1. The number of hydrogen-bond acceptors (Lipinski definition) is 3. The lowest BCUT2D eigenvalue weighted by Gasteiger charge is -2.28. The van der Waals surface area contributed by atoms with Crippen molar-refractivity contribution < 1.29 is 9.53 Å². The van der Waals surface area contributed by atoms with Crippen molar-refractivity contribution in [2.24, 2.45) is 5.92 Å². The maximum Gasteiger partial charge on any atom is 0.306 e. The number of rotatable bonds is 4. The van der Waals surface area contributed by atoms with Crippen LogP contribution in [0.3, 0.4) is 0 Å². The Kier molecular flexibility index (Phi) is 4.41. The zero-order chi connectivity index (χ0) is 13.9. The Morgan fingerprint density at radius 1 is 1.20 bits per heavy atom. The summed E-state index contributed by atoms with van der Waals surface area (Å²) in [6.45, 7) is 0.379. The molecule has 2 bridgehead atoms. The van der Waals surface area contributed by atoms with E-state index in [0.717, 1.165) is 22.9 Å². The first kappa shape index (κ1) is 14.1. The van der Waals surface area contributed by atoms with E-state index < -0.39 is 0 Å². The highest BCUT2D eigenvalue weighted by atomic mass is 79.9. The SMILES string of the molecule is O=C(CC1CC2CCC(C1)N2)OCc1ccc(Br)cc1. The number of esters is 1. The van der Waals surface area contributed by atoms with Crippen molar-refractivity contribution in [1.29, 1.82) is 0 Å². The van der Waals surface area contributed by atoms with Gasteiger partial charge in [-0.3, -0.25) is 4.79 Å². The highest BCUT2D eigenvalue weighted by Gasteiger charge is 2.34. The Bertz CT molecular complexity index is 462. The van der Waals surface area contributed by atoms with Crippen molar-refractivity contribution in [2.45, 2.75) is 50.8 Å². The van der Waals surface area contributed by atoms with E-state index in [1.807, 2.05) is 24.3 Å². The van der Waals surface area contributed by atoms with Crippen LogP contribution in [0.25, 0.3) is 0 Å². The predicted octanol–water partition coefficient (Wildman–Crippen LogP) is 3.41. The summed E-state index contributed by atoms with van der Waals surface area (Å²) in [6.07, 6.45) is 5.38. The van der Waals surface area contributed by atoms with Crippen LogP contribution in [0, 0.1) is 5.92 Å². The van der Waals surface area contributed by atoms with Crippen molar-refractivity contribution in [2.75, 3.05) is 0 Å². The maximum atomic E-state index is 11.9. The number of piperidine rings is 1. The Balaban J connectivity index is 1.44. The number of hydrogen-bond donors (Lipinski definition) is 1. The van der Waals surface area contributed by atoms with Gasteiger partial charge in [0.2, 0.25) is 0 Å². The van der Waals surface area contributed by atoms with Crippen LogP contribution in [-0.2, 0) is 16.1 Å². The average molecular weight is 338 g/mol. The second-order valence-electron chi connectivity index (χ2n) is 5.97. The fourth-order valence-corrected chi connectivity index (χ4v) is 3.65. The molecule has 1 aromatic carbocycles. The molecule has 2 aliphatic heterocycles. The zero-order valence-corrected chi connectivity index (χ0v) is 13.1. The van der Waals surface area contributed by atoms with Gasteiger partial charge in [-0.2, -0.15) is 0 Å². The molecule has 3 rings (SSSR count). The van der Waals surface area contributed by atoms with E-state index in [-0.39, 0.29) is 5.97 Å². The lowest BCUT2D eigenvalue weighted by molar-refractivity contribution is -0.146. The van der Waals surface area contributed by atoms with Crippen LogP contribution in [0.15, 0.2) is 28.7 Å². The van der Waals surface area contributed by atoms with Crippen LogP contribution in [0.5, 0.6) is 0 Å². The number of halogens is 1. The summed E-state index contributed by atoms with van der Waals surface area (Å²) in [5, 5.41) is 3.60. The minimum absolute atomic E-state index is 0.0563. The topological polar surface area (TPSA) is 38.3 Å². The molecule has 2 unspecified atom stereocenters. The molecule has 3 nitrogen and oxygen atoms in total. The van der Waals surface area contributed by atoms with Gasteiger partial charge < -0.3 is 10.1 Å². The summed E-state index contributed by atoms with van der Waals surface area (Å²) in [4.78, 5) is 11.9. The first-order chi connectivity index (χ1) is 9.69. The molecule has 0 spiro atoms. The van der Waals surface area contributed by atoms with Gasteiger partial charge in [0, 0.05) is 23.0 Å². The highest BCUT2D eigenvalue weighted by Crippen LogP contribution is 2.32. The molecule has 0 saturated carbocycles. The third kappa shape index (κ3) is 3.61. The normalized spacial score (nSPS) is 28.4. The van der Waals surface area contributed by atoms with Crippen LogP contribution >= 0.6 is 15.9 Å². The monoisotopic (exact) mass is 337 g/mol. The van der Waals surface area contributed by atoms with Crippen molar-refractivity contribution >= 4 is 21.9 Å². The molecule has 0 amide bonds. The minimum atomic E-state index is -0.0563. The van der Waals surface area contributed by atoms with Crippen molar-refractivity contribution in [1.82, 2.24) is 5.32 Å². The Morgan fingerprint density at radius 3 is 2.50 bits per heavy atom.